The van der Waals surface area contributed by atoms with E-state index in [9.17, 15) is 4.79 Å². The summed E-state index contributed by atoms with van der Waals surface area (Å²) >= 11 is 1.52. The van der Waals surface area contributed by atoms with Crippen LogP contribution in [0.25, 0.3) is 0 Å². The van der Waals surface area contributed by atoms with Gasteiger partial charge in [0.25, 0.3) is 0 Å². The van der Waals surface area contributed by atoms with Crippen LogP contribution in [0.3, 0.4) is 0 Å². The lowest BCUT2D eigenvalue weighted by molar-refractivity contribution is -0.148. The fourth-order valence-corrected chi connectivity index (χ4v) is 3.06. The molecule has 0 spiro atoms. The van der Waals surface area contributed by atoms with E-state index >= 15 is 0 Å². The number of aromatic nitrogens is 1. The second-order valence-corrected chi connectivity index (χ2v) is 6.01. The van der Waals surface area contributed by atoms with Crippen LogP contribution in [0.1, 0.15) is 49.9 Å². The van der Waals surface area contributed by atoms with E-state index in [4.69, 9.17) is 14.2 Å². The summed E-state index contributed by atoms with van der Waals surface area (Å²) in [5, 5.41) is 2.79. The molecule has 1 aromatic rings. The quantitative estimate of drug-likeness (QED) is 0.724. The van der Waals surface area contributed by atoms with Crippen molar-refractivity contribution in [3.05, 3.63) is 16.1 Å². The highest BCUT2D eigenvalue weighted by atomic mass is 32.1. The number of carbonyl (C=O) groups is 1. The summed E-state index contributed by atoms with van der Waals surface area (Å²) in [6.07, 6.45) is 3.46. The molecular formula is C15H23NO4S. The first-order valence-electron chi connectivity index (χ1n) is 7.52. The maximum absolute atomic E-state index is 11.8. The number of hydrogen-bond acceptors (Lipinski definition) is 6. The Morgan fingerprint density at radius 1 is 1.57 bits per heavy atom. The third-order valence-electron chi connectivity index (χ3n) is 3.36. The highest BCUT2D eigenvalue weighted by molar-refractivity contribution is 7.09. The van der Waals surface area contributed by atoms with Gasteiger partial charge in [0.05, 0.1) is 18.2 Å². The number of thiazole rings is 1. The van der Waals surface area contributed by atoms with Crippen LogP contribution in [0.4, 0.5) is 0 Å². The predicted octanol–water partition coefficient (Wildman–Crippen LogP) is 2.90. The predicted molar refractivity (Wildman–Crippen MR) is 80.4 cm³/mol. The van der Waals surface area contributed by atoms with E-state index in [1.165, 1.54) is 11.3 Å². The van der Waals surface area contributed by atoms with Crippen molar-refractivity contribution in [1.82, 2.24) is 4.98 Å². The van der Waals surface area contributed by atoms with Crippen LogP contribution in [-0.2, 0) is 25.4 Å². The molecule has 0 aromatic carbocycles. The Hall–Kier alpha value is -0.980. The van der Waals surface area contributed by atoms with E-state index in [-0.39, 0.29) is 24.6 Å². The largest absolute Gasteiger partial charge is 0.463 e. The molecule has 21 heavy (non-hydrogen) atoms. The molecule has 118 valence electrons. The Kier molecular flexibility index (Phi) is 6.60. The number of ether oxygens (including phenoxy) is 3. The highest BCUT2D eigenvalue weighted by Crippen LogP contribution is 2.21. The minimum absolute atomic E-state index is 0.0274. The molecule has 2 rings (SSSR count). The van der Waals surface area contributed by atoms with Gasteiger partial charge in [0, 0.05) is 18.6 Å². The Labute approximate surface area is 129 Å². The van der Waals surface area contributed by atoms with E-state index in [2.05, 4.69) is 4.98 Å². The third-order valence-corrected chi connectivity index (χ3v) is 4.42. The summed E-state index contributed by atoms with van der Waals surface area (Å²) in [4.78, 5) is 16.2. The molecule has 5 nitrogen and oxygen atoms in total. The van der Waals surface area contributed by atoms with Crippen LogP contribution >= 0.6 is 11.3 Å². The zero-order valence-corrected chi connectivity index (χ0v) is 13.5. The van der Waals surface area contributed by atoms with Crippen LogP contribution in [0.2, 0.25) is 0 Å². The minimum Gasteiger partial charge on any atom is -0.463 e. The Balaban J connectivity index is 1.74. The Bertz CT molecular complexity index is 443. The van der Waals surface area contributed by atoms with E-state index in [0.29, 0.717) is 13.2 Å². The molecule has 1 aliphatic heterocycles. The van der Waals surface area contributed by atoms with Crippen LogP contribution in [0.15, 0.2) is 5.38 Å². The van der Waals surface area contributed by atoms with E-state index < -0.39 is 0 Å². The lowest BCUT2D eigenvalue weighted by Crippen LogP contribution is -2.26. The van der Waals surface area contributed by atoms with Gasteiger partial charge in [-0.15, -0.1) is 11.3 Å². The van der Waals surface area contributed by atoms with Crippen molar-refractivity contribution in [2.75, 3.05) is 19.8 Å². The average molecular weight is 313 g/mol. The first-order valence-corrected chi connectivity index (χ1v) is 8.40. The fourth-order valence-electron chi connectivity index (χ4n) is 2.24. The summed E-state index contributed by atoms with van der Waals surface area (Å²) in [6, 6.07) is 0. The number of carbonyl (C=O) groups excluding carboxylic acids is 1. The molecule has 2 unspecified atom stereocenters. The molecule has 1 fully saturated rings. The van der Waals surface area contributed by atoms with Gasteiger partial charge in [0.15, 0.2) is 0 Å². The standard InChI is InChI=1S/C15H23NO4S/c1-3-18-11(2)15-16-12(10-21-15)8-14(17)20-9-13-6-4-5-7-19-13/h10-11,13H,3-9H2,1-2H3. The molecule has 6 heteroatoms. The number of esters is 1. The van der Waals surface area contributed by atoms with Gasteiger partial charge in [-0.05, 0) is 33.1 Å². The molecule has 0 saturated carbocycles. The minimum atomic E-state index is -0.245. The lowest BCUT2D eigenvalue weighted by atomic mass is 10.1. The number of rotatable bonds is 7. The van der Waals surface area contributed by atoms with E-state index in [0.717, 1.165) is 36.6 Å². The second-order valence-electron chi connectivity index (χ2n) is 5.12. The topological polar surface area (TPSA) is 57.7 Å². The molecule has 0 radical (unpaired) electrons. The summed E-state index contributed by atoms with van der Waals surface area (Å²) in [6.45, 7) is 5.69. The van der Waals surface area contributed by atoms with E-state index in [1.54, 1.807) is 0 Å². The van der Waals surface area contributed by atoms with Gasteiger partial charge in [-0.1, -0.05) is 0 Å². The van der Waals surface area contributed by atoms with Gasteiger partial charge < -0.3 is 14.2 Å². The molecule has 2 atom stereocenters. The van der Waals surface area contributed by atoms with Crippen LogP contribution in [0.5, 0.6) is 0 Å². The molecule has 0 N–H and O–H groups in total. The van der Waals surface area contributed by atoms with Gasteiger partial charge >= 0.3 is 5.97 Å². The average Bonchev–Trinajstić information content (AvgIpc) is 2.95. The third kappa shape index (κ3) is 5.37. The highest BCUT2D eigenvalue weighted by Gasteiger charge is 2.17. The van der Waals surface area contributed by atoms with Gasteiger partial charge in [0.1, 0.15) is 17.7 Å². The molecular weight excluding hydrogens is 290 g/mol. The number of nitrogens with zero attached hydrogens (tertiary/aromatic N) is 1. The lowest BCUT2D eigenvalue weighted by Gasteiger charge is -2.21. The molecule has 1 saturated heterocycles. The summed E-state index contributed by atoms with van der Waals surface area (Å²) in [5.41, 5.74) is 0.746. The van der Waals surface area contributed by atoms with Crippen LogP contribution in [-0.4, -0.2) is 36.9 Å². The van der Waals surface area contributed by atoms with Crippen molar-refractivity contribution in [3.63, 3.8) is 0 Å². The molecule has 0 bridgehead atoms. The summed E-state index contributed by atoms with van der Waals surface area (Å²) in [5.74, 6) is -0.245. The summed E-state index contributed by atoms with van der Waals surface area (Å²) < 4.78 is 16.3. The maximum atomic E-state index is 11.8. The number of hydrogen-bond donors (Lipinski definition) is 0. The van der Waals surface area contributed by atoms with Gasteiger partial charge in [-0.2, -0.15) is 0 Å². The van der Waals surface area contributed by atoms with Crippen molar-refractivity contribution in [3.8, 4) is 0 Å². The fraction of sp³-hybridized carbons (Fsp3) is 0.733. The second kappa shape index (κ2) is 8.46. The van der Waals surface area contributed by atoms with Crippen molar-refractivity contribution in [1.29, 1.82) is 0 Å². The smallest absolute Gasteiger partial charge is 0.311 e. The van der Waals surface area contributed by atoms with Gasteiger partial charge in [0.2, 0.25) is 0 Å². The molecule has 0 amide bonds. The maximum Gasteiger partial charge on any atom is 0.311 e. The molecule has 2 heterocycles. The molecule has 1 aromatic heterocycles. The van der Waals surface area contributed by atoms with Crippen molar-refractivity contribution >= 4 is 17.3 Å². The normalized spacial score (nSPS) is 20.2. The van der Waals surface area contributed by atoms with E-state index in [1.807, 2.05) is 19.2 Å². The zero-order chi connectivity index (χ0) is 15.1. The SMILES string of the molecule is CCOC(C)c1nc(CC(=O)OCC2CCCCO2)cs1. The van der Waals surface area contributed by atoms with Gasteiger partial charge in [-0.3, -0.25) is 4.79 Å². The first kappa shape index (κ1) is 16.4. The Morgan fingerprint density at radius 2 is 2.43 bits per heavy atom. The van der Waals surface area contributed by atoms with Crippen LogP contribution in [0, 0.1) is 0 Å². The van der Waals surface area contributed by atoms with Crippen LogP contribution < -0.4 is 0 Å². The zero-order valence-electron chi connectivity index (χ0n) is 12.7. The molecule has 1 aliphatic rings. The Morgan fingerprint density at radius 3 is 3.14 bits per heavy atom. The van der Waals surface area contributed by atoms with Crippen molar-refractivity contribution < 1.29 is 19.0 Å². The van der Waals surface area contributed by atoms with Crippen molar-refractivity contribution in [2.24, 2.45) is 0 Å². The van der Waals surface area contributed by atoms with Crippen molar-refractivity contribution in [2.45, 2.75) is 51.7 Å². The first-order chi connectivity index (χ1) is 10.2. The molecule has 0 aliphatic carbocycles. The summed E-state index contributed by atoms with van der Waals surface area (Å²) in [7, 11) is 0. The van der Waals surface area contributed by atoms with Gasteiger partial charge in [-0.25, -0.2) is 4.98 Å². The monoisotopic (exact) mass is 313 g/mol.